The van der Waals surface area contributed by atoms with Gasteiger partial charge in [-0.15, -0.1) is 0 Å². The summed E-state index contributed by atoms with van der Waals surface area (Å²) in [6.45, 7) is 22.1. The molecule has 0 aliphatic rings. The maximum atomic E-state index is 14.4. The average molecular weight is 444 g/mol. The van der Waals surface area contributed by atoms with Crippen molar-refractivity contribution in [1.82, 2.24) is 0 Å². The van der Waals surface area contributed by atoms with Crippen LogP contribution in [0.5, 0.6) is 0 Å². The molecule has 0 amide bonds. The van der Waals surface area contributed by atoms with Gasteiger partial charge in [-0.1, -0.05) is 0 Å². The fourth-order valence-electron chi connectivity index (χ4n) is 1.63. The maximum absolute atomic E-state index is 14.4. The Morgan fingerprint density at radius 1 is 0.536 bits per heavy atom. The molecule has 0 N–H and O–H groups in total. The Bertz CT molecular complexity index is 505. The third-order valence-electron chi connectivity index (χ3n) is 5.10. The third-order valence-corrected chi connectivity index (χ3v) is 8.98. The quantitative estimate of drug-likeness (QED) is 0.175. The van der Waals surface area contributed by atoms with E-state index in [0.29, 0.717) is 25.7 Å². The van der Waals surface area contributed by atoms with Crippen molar-refractivity contribution < 1.29 is 43.5 Å². The normalized spacial score (nSPS) is 15.2. The molecule has 0 bridgehead atoms. The summed E-state index contributed by atoms with van der Waals surface area (Å²) in [5, 5.41) is 0. The molecule has 0 heterocycles. The van der Waals surface area contributed by atoms with Crippen LogP contribution in [0.4, 0.5) is 0 Å². The Kier molecular flexibility index (Phi) is 9.70. The molecule has 170 valence electrons. The summed E-state index contributed by atoms with van der Waals surface area (Å²) in [7, 11) is 0. The predicted octanol–water partition coefficient (Wildman–Crippen LogP) is 6.37. The second-order valence-corrected chi connectivity index (χ2v) is 13.6. The van der Waals surface area contributed by atoms with Crippen LogP contribution in [-0.4, -0.2) is 22.4 Å². The van der Waals surface area contributed by atoms with Crippen LogP contribution in [0.25, 0.3) is 0 Å². The zero-order chi connectivity index (χ0) is 22.5. The van der Waals surface area contributed by atoms with Gasteiger partial charge in [-0.2, -0.15) is 0 Å². The van der Waals surface area contributed by atoms with E-state index in [9.17, 15) is 3.32 Å². The van der Waals surface area contributed by atoms with Crippen LogP contribution in [-0.2, 0) is 43.5 Å². The molecule has 0 spiro atoms. The third kappa shape index (κ3) is 9.39. The molecule has 7 nitrogen and oxygen atoms in total. The summed E-state index contributed by atoms with van der Waals surface area (Å²) < 4.78 is 37.5. The van der Waals surface area contributed by atoms with Crippen LogP contribution in [0, 0.1) is 0 Å². The van der Waals surface area contributed by atoms with Crippen molar-refractivity contribution in [3.8, 4) is 0 Å². The van der Waals surface area contributed by atoms with Crippen molar-refractivity contribution in [3.63, 3.8) is 0 Å². The van der Waals surface area contributed by atoms with E-state index in [1.54, 1.807) is 27.7 Å². The van der Waals surface area contributed by atoms with Crippen LogP contribution in [0.3, 0.4) is 0 Å². The topological polar surface area (TPSA) is 72.5 Å². The van der Waals surface area contributed by atoms with E-state index in [1.165, 1.54) is 0 Å². The van der Waals surface area contributed by atoms with E-state index < -0.39 is 39.2 Å². The van der Waals surface area contributed by atoms with Crippen molar-refractivity contribution in [2.45, 2.75) is 131 Å². The van der Waals surface area contributed by atoms with Gasteiger partial charge in [-0.3, -0.25) is 0 Å². The minimum atomic E-state index is -6.43. The van der Waals surface area contributed by atoms with E-state index in [1.807, 2.05) is 55.4 Å². The van der Waals surface area contributed by atoms with Crippen molar-refractivity contribution in [3.05, 3.63) is 0 Å². The van der Waals surface area contributed by atoms with Gasteiger partial charge in [0.1, 0.15) is 0 Å². The van der Waals surface area contributed by atoms with Gasteiger partial charge in [-0.25, -0.2) is 0 Å². The minimum absolute atomic E-state index is 0.547. The van der Waals surface area contributed by atoms with E-state index in [0.717, 1.165) is 0 Å². The summed E-state index contributed by atoms with van der Waals surface area (Å²) in [6, 6.07) is 0. The van der Waals surface area contributed by atoms with Crippen molar-refractivity contribution in [2.24, 2.45) is 0 Å². The Morgan fingerprint density at radius 3 is 1.00 bits per heavy atom. The monoisotopic (exact) mass is 444 g/mol. The first-order valence-corrected chi connectivity index (χ1v) is 13.6. The molecule has 8 heteroatoms. The van der Waals surface area contributed by atoms with Crippen LogP contribution < -0.4 is 0 Å². The van der Waals surface area contributed by atoms with Crippen LogP contribution in [0.1, 0.15) is 109 Å². The first kappa shape index (κ1) is 28.3. The van der Waals surface area contributed by atoms with E-state index in [-0.39, 0.29) is 0 Å². The van der Waals surface area contributed by atoms with Gasteiger partial charge >= 0.3 is 175 Å². The molecule has 0 radical (unpaired) electrons. The number of rotatable bonds is 14. The molecule has 0 aromatic rings. The van der Waals surface area contributed by atoms with Crippen LogP contribution in [0.15, 0.2) is 0 Å². The summed E-state index contributed by atoms with van der Waals surface area (Å²) in [5.74, 6) is 0. The Hall–Kier alpha value is 0.274. The molecule has 0 aliphatic heterocycles. The standard InChI is InChI=1S/2C5H12O2.2C5H11O.O.Ti/c2*1-4-5(2,3)7-6;2*1-4-5(2,3)6;;/h2*6H,4H2,1-3H3;2*4H2,1-3H3;;/q;;2*-1;;+4/p-2. The summed E-state index contributed by atoms with van der Waals surface area (Å²) in [6.07, 6.45) is 2.33. The fourth-order valence-corrected chi connectivity index (χ4v) is 6.35. The molecule has 0 aliphatic carbocycles. The van der Waals surface area contributed by atoms with Gasteiger partial charge in [0.15, 0.2) is 0 Å². The van der Waals surface area contributed by atoms with Crippen molar-refractivity contribution in [1.29, 1.82) is 0 Å². The Morgan fingerprint density at radius 2 is 0.786 bits per heavy atom. The molecular weight excluding hydrogens is 400 g/mol. The molecule has 0 unspecified atom stereocenters. The second-order valence-electron chi connectivity index (χ2n) is 9.82. The van der Waals surface area contributed by atoms with E-state index >= 15 is 0 Å². The number of hydrogen-bond acceptors (Lipinski definition) is 7. The van der Waals surface area contributed by atoms with Crippen LogP contribution >= 0.6 is 0 Å². The first-order chi connectivity index (χ1) is 12.4. The van der Waals surface area contributed by atoms with Gasteiger partial charge in [0, 0.05) is 0 Å². The van der Waals surface area contributed by atoms with Gasteiger partial charge < -0.3 is 0 Å². The van der Waals surface area contributed by atoms with Crippen molar-refractivity contribution in [2.75, 3.05) is 0 Å². The Labute approximate surface area is 174 Å². The van der Waals surface area contributed by atoms with Crippen molar-refractivity contribution >= 4 is 0 Å². The molecule has 0 fully saturated rings. The molecular formula is C20H44O7Ti. The SMILES string of the molecule is CCC(C)(C)O[O][Ti](=[O])([O]OC(C)(C)CC)([O]C(C)(C)CC)[O]C(C)(C)CC. The van der Waals surface area contributed by atoms with Gasteiger partial charge in [0.05, 0.1) is 0 Å². The zero-order valence-electron chi connectivity index (χ0n) is 20.2. The second kappa shape index (κ2) is 9.61. The molecule has 0 atom stereocenters. The molecule has 28 heavy (non-hydrogen) atoms. The molecule has 0 saturated carbocycles. The molecule has 0 aromatic carbocycles. The zero-order valence-corrected chi connectivity index (χ0v) is 21.7. The molecule has 0 rings (SSSR count). The number of hydrogen-bond donors (Lipinski definition) is 0. The Balaban J connectivity index is 6.27. The first-order valence-electron chi connectivity index (χ1n) is 10.4. The summed E-state index contributed by atoms with van der Waals surface area (Å²) >= 11 is -6.43. The van der Waals surface area contributed by atoms with E-state index in [2.05, 4.69) is 0 Å². The summed E-state index contributed by atoms with van der Waals surface area (Å²) in [5.41, 5.74) is -3.17. The van der Waals surface area contributed by atoms with Gasteiger partial charge in [0.2, 0.25) is 0 Å². The fraction of sp³-hybridized carbons (Fsp3) is 1.00. The molecule has 0 aromatic heterocycles. The molecule has 0 saturated heterocycles. The van der Waals surface area contributed by atoms with Crippen LogP contribution in [0.2, 0.25) is 0 Å². The average Bonchev–Trinajstić information content (AvgIpc) is 2.58. The predicted molar refractivity (Wildman–Crippen MR) is 105 cm³/mol. The van der Waals surface area contributed by atoms with Gasteiger partial charge in [-0.05, 0) is 0 Å². The summed E-state index contributed by atoms with van der Waals surface area (Å²) in [4.78, 5) is 11.1. The van der Waals surface area contributed by atoms with E-state index in [4.69, 9.17) is 23.4 Å². The van der Waals surface area contributed by atoms with Gasteiger partial charge in [0.25, 0.3) is 0 Å².